The molecule has 5 nitrogen and oxygen atoms in total. The molecular weight excluding hydrogens is 325 g/mol. The molecule has 0 radical (unpaired) electrons. The quantitative estimate of drug-likeness (QED) is 0.798. The van der Waals surface area contributed by atoms with Crippen LogP contribution in [0.4, 0.5) is 0 Å². The van der Waals surface area contributed by atoms with E-state index in [0.29, 0.717) is 24.8 Å². The van der Waals surface area contributed by atoms with Gasteiger partial charge in [0.2, 0.25) is 0 Å². The Morgan fingerprint density at radius 1 is 1.25 bits per heavy atom. The summed E-state index contributed by atoms with van der Waals surface area (Å²) in [5.74, 6) is 0.0504. The SMILES string of the molecule is O=S(=O)(CC[NH+]1CCOCC1)Oc1ccc(Cl)cc1Cl. The van der Waals surface area contributed by atoms with Crippen molar-refractivity contribution in [1.82, 2.24) is 0 Å². The van der Waals surface area contributed by atoms with Crippen LogP contribution in [0.3, 0.4) is 0 Å². The maximum absolute atomic E-state index is 11.9. The lowest BCUT2D eigenvalue weighted by molar-refractivity contribution is -0.905. The highest BCUT2D eigenvalue weighted by Gasteiger charge is 2.21. The Morgan fingerprint density at radius 2 is 1.95 bits per heavy atom. The number of nitrogens with one attached hydrogen (secondary N) is 1. The van der Waals surface area contributed by atoms with E-state index in [1.165, 1.54) is 23.1 Å². The molecule has 1 aromatic rings. The van der Waals surface area contributed by atoms with Crippen molar-refractivity contribution in [2.24, 2.45) is 0 Å². The molecule has 1 N–H and O–H groups in total. The van der Waals surface area contributed by atoms with Crippen LogP contribution in [-0.4, -0.2) is 47.0 Å². The van der Waals surface area contributed by atoms with E-state index in [4.69, 9.17) is 32.1 Å². The van der Waals surface area contributed by atoms with Gasteiger partial charge in [-0.05, 0) is 18.2 Å². The summed E-state index contributed by atoms with van der Waals surface area (Å²) in [5.41, 5.74) is 0. The van der Waals surface area contributed by atoms with Crippen molar-refractivity contribution in [3.8, 4) is 5.75 Å². The van der Waals surface area contributed by atoms with Gasteiger partial charge in [0.25, 0.3) is 0 Å². The second-order valence-corrected chi connectivity index (χ2v) is 7.07. The Morgan fingerprint density at radius 3 is 2.60 bits per heavy atom. The number of morpholine rings is 1. The van der Waals surface area contributed by atoms with Crippen LogP contribution in [0.25, 0.3) is 0 Å². The van der Waals surface area contributed by atoms with E-state index in [1.54, 1.807) is 0 Å². The standard InChI is InChI=1S/C12H15Cl2NO4S/c13-10-1-2-12(11(14)9-10)19-20(16,17)8-5-15-3-6-18-7-4-15/h1-2,9H,3-8H2/p+1. The van der Waals surface area contributed by atoms with Crippen LogP contribution < -0.4 is 9.08 Å². The molecule has 0 atom stereocenters. The molecule has 0 saturated carbocycles. The van der Waals surface area contributed by atoms with Crippen LogP contribution in [0.1, 0.15) is 0 Å². The Balaban J connectivity index is 1.93. The first-order chi connectivity index (χ1) is 9.46. The summed E-state index contributed by atoms with van der Waals surface area (Å²) < 4.78 is 34.1. The topological polar surface area (TPSA) is 57.0 Å². The van der Waals surface area contributed by atoms with E-state index in [2.05, 4.69) is 0 Å². The van der Waals surface area contributed by atoms with Crippen molar-refractivity contribution in [2.75, 3.05) is 38.6 Å². The number of halogens is 2. The molecule has 0 aliphatic carbocycles. The van der Waals surface area contributed by atoms with Crippen LogP contribution in [0, 0.1) is 0 Å². The van der Waals surface area contributed by atoms with Gasteiger partial charge in [-0.15, -0.1) is 0 Å². The average molecular weight is 341 g/mol. The summed E-state index contributed by atoms with van der Waals surface area (Å²) in [5, 5.41) is 0.609. The second kappa shape index (κ2) is 6.95. The van der Waals surface area contributed by atoms with E-state index < -0.39 is 10.1 Å². The first kappa shape index (κ1) is 15.9. The third-order valence-corrected chi connectivity index (χ3v) is 4.68. The third-order valence-electron chi connectivity index (χ3n) is 3.02. The molecule has 0 bridgehead atoms. The number of ether oxygens (including phenoxy) is 1. The summed E-state index contributed by atoms with van der Waals surface area (Å²) >= 11 is 11.6. The van der Waals surface area contributed by atoms with Crippen LogP contribution in [0.5, 0.6) is 5.75 Å². The Labute approximate surface area is 128 Å². The van der Waals surface area contributed by atoms with Crippen LogP contribution in [-0.2, 0) is 14.9 Å². The highest BCUT2D eigenvalue weighted by atomic mass is 35.5. The fraction of sp³-hybridized carbons (Fsp3) is 0.500. The highest BCUT2D eigenvalue weighted by molar-refractivity contribution is 7.87. The molecule has 0 spiro atoms. The number of benzene rings is 1. The first-order valence-electron chi connectivity index (χ1n) is 6.25. The summed E-state index contributed by atoms with van der Waals surface area (Å²) in [4.78, 5) is 1.20. The third kappa shape index (κ3) is 4.79. The number of rotatable bonds is 5. The Kier molecular flexibility index (Phi) is 5.51. The minimum absolute atomic E-state index is 0.0543. The van der Waals surface area contributed by atoms with Gasteiger partial charge in [0, 0.05) is 5.02 Å². The lowest BCUT2D eigenvalue weighted by Gasteiger charge is -2.23. The molecule has 1 aromatic carbocycles. The predicted molar refractivity (Wildman–Crippen MR) is 77.3 cm³/mol. The fourth-order valence-corrected chi connectivity index (χ4v) is 3.43. The lowest BCUT2D eigenvalue weighted by atomic mass is 10.3. The summed E-state index contributed by atoms with van der Waals surface area (Å²) in [7, 11) is -3.66. The molecule has 1 saturated heterocycles. The first-order valence-corrected chi connectivity index (χ1v) is 8.58. The van der Waals surface area contributed by atoms with Gasteiger partial charge in [-0.25, -0.2) is 0 Å². The molecule has 1 heterocycles. The van der Waals surface area contributed by atoms with Crippen LogP contribution in [0.2, 0.25) is 10.0 Å². The molecule has 1 aliphatic rings. The lowest BCUT2D eigenvalue weighted by Crippen LogP contribution is -3.14. The molecule has 8 heteroatoms. The molecule has 0 unspecified atom stereocenters. The average Bonchev–Trinajstić information content (AvgIpc) is 2.41. The predicted octanol–water partition coefficient (Wildman–Crippen LogP) is 0.617. The summed E-state index contributed by atoms with van der Waals surface area (Å²) in [6, 6.07) is 4.43. The maximum Gasteiger partial charge on any atom is 0.314 e. The zero-order valence-electron chi connectivity index (χ0n) is 10.8. The number of hydrogen-bond donors (Lipinski definition) is 1. The van der Waals surface area contributed by atoms with Crippen molar-refractivity contribution in [3.05, 3.63) is 28.2 Å². The number of quaternary nitrogens is 1. The highest BCUT2D eigenvalue weighted by Crippen LogP contribution is 2.28. The monoisotopic (exact) mass is 340 g/mol. The largest absolute Gasteiger partial charge is 0.381 e. The number of hydrogen-bond acceptors (Lipinski definition) is 4. The van der Waals surface area contributed by atoms with Gasteiger partial charge >= 0.3 is 10.1 Å². The van der Waals surface area contributed by atoms with E-state index in [0.717, 1.165) is 13.1 Å². The zero-order chi connectivity index (χ0) is 14.6. The van der Waals surface area contributed by atoms with Gasteiger partial charge in [0.15, 0.2) is 5.75 Å². The molecule has 0 aromatic heterocycles. The van der Waals surface area contributed by atoms with Gasteiger partial charge in [-0.3, -0.25) is 0 Å². The van der Waals surface area contributed by atoms with E-state index in [-0.39, 0.29) is 16.5 Å². The molecule has 1 aliphatic heterocycles. The van der Waals surface area contributed by atoms with Gasteiger partial charge in [-0.1, -0.05) is 23.2 Å². The van der Waals surface area contributed by atoms with Crippen molar-refractivity contribution < 1.29 is 22.2 Å². The molecule has 1 fully saturated rings. The van der Waals surface area contributed by atoms with Crippen molar-refractivity contribution in [3.63, 3.8) is 0 Å². The van der Waals surface area contributed by atoms with Crippen molar-refractivity contribution >= 4 is 33.3 Å². The minimum Gasteiger partial charge on any atom is -0.381 e. The van der Waals surface area contributed by atoms with Gasteiger partial charge < -0.3 is 13.8 Å². The zero-order valence-corrected chi connectivity index (χ0v) is 13.1. The Hall–Kier alpha value is -0.530. The van der Waals surface area contributed by atoms with E-state index in [9.17, 15) is 8.42 Å². The molecular formula is C12H16Cl2NO4S+. The molecule has 2 rings (SSSR count). The van der Waals surface area contributed by atoms with Gasteiger partial charge in [0.05, 0.1) is 24.8 Å². The Bertz CT molecular complexity index is 559. The van der Waals surface area contributed by atoms with E-state index in [1.807, 2.05) is 0 Å². The van der Waals surface area contributed by atoms with Crippen LogP contribution in [0.15, 0.2) is 18.2 Å². The normalized spacial score (nSPS) is 17.1. The van der Waals surface area contributed by atoms with Crippen molar-refractivity contribution in [1.29, 1.82) is 0 Å². The smallest absolute Gasteiger partial charge is 0.314 e. The van der Waals surface area contributed by atoms with Gasteiger partial charge in [0.1, 0.15) is 18.8 Å². The summed E-state index contributed by atoms with van der Waals surface area (Å²) in [6.07, 6.45) is 0. The fourth-order valence-electron chi connectivity index (χ4n) is 1.90. The molecule has 0 amide bonds. The van der Waals surface area contributed by atoms with Crippen molar-refractivity contribution in [2.45, 2.75) is 0 Å². The van der Waals surface area contributed by atoms with Crippen LogP contribution >= 0.6 is 23.2 Å². The van der Waals surface area contributed by atoms with Gasteiger partial charge in [-0.2, -0.15) is 8.42 Å². The second-order valence-electron chi connectivity index (χ2n) is 4.53. The summed E-state index contributed by atoms with van der Waals surface area (Å²) in [6.45, 7) is 3.46. The molecule has 20 heavy (non-hydrogen) atoms. The maximum atomic E-state index is 11.9. The minimum atomic E-state index is -3.66. The van der Waals surface area contributed by atoms with E-state index >= 15 is 0 Å². The molecule has 112 valence electrons.